The van der Waals surface area contributed by atoms with E-state index >= 15 is 0 Å². The van der Waals surface area contributed by atoms with Crippen LogP contribution in [0.3, 0.4) is 0 Å². The maximum atomic E-state index is 6.75. The second kappa shape index (κ2) is 8.34. The highest BCUT2D eigenvalue weighted by Gasteiger charge is 2.28. The standard InChI is InChI=1S/C17H30N2/c1-4-12-17(18,16-10-8-7-9-11-16)15-19(13-5-2)14-6-3/h7-11H,4-6,12-15,18H2,1-3H3. The van der Waals surface area contributed by atoms with Crippen molar-refractivity contribution in [3.63, 3.8) is 0 Å². The average Bonchev–Trinajstić information content (AvgIpc) is 2.40. The Morgan fingerprint density at radius 3 is 2.00 bits per heavy atom. The van der Waals surface area contributed by atoms with E-state index in [4.69, 9.17) is 5.73 Å². The first-order valence-corrected chi connectivity index (χ1v) is 7.73. The summed E-state index contributed by atoms with van der Waals surface area (Å²) in [5.74, 6) is 0. The fourth-order valence-corrected chi connectivity index (χ4v) is 2.83. The third-order valence-electron chi connectivity index (χ3n) is 3.63. The summed E-state index contributed by atoms with van der Waals surface area (Å²) in [6.07, 6.45) is 4.55. The Labute approximate surface area is 119 Å². The molecule has 0 radical (unpaired) electrons. The molecule has 1 aromatic carbocycles. The Hall–Kier alpha value is -0.860. The van der Waals surface area contributed by atoms with E-state index in [1.165, 1.54) is 18.4 Å². The summed E-state index contributed by atoms with van der Waals surface area (Å²) in [7, 11) is 0. The molecule has 0 fully saturated rings. The molecule has 108 valence electrons. The van der Waals surface area contributed by atoms with Crippen molar-refractivity contribution >= 4 is 0 Å². The Bertz CT molecular complexity index is 330. The van der Waals surface area contributed by atoms with E-state index in [2.05, 4.69) is 56.0 Å². The summed E-state index contributed by atoms with van der Waals surface area (Å²) >= 11 is 0. The van der Waals surface area contributed by atoms with Crippen molar-refractivity contribution in [2.45, 2.75) is 52.0 Å². The summed E-state index contributed by atoms with van der Waals surface area (Å²) in [5.41, 5.74) is 7.81. The molecule has 1 unspecified atom stereocenters. The smallest absolute Gasteiger partial charge is 0.0538 e. The van der Waals surface area contributed by atoms with Gasteiger partial charge in [0.25, 0.3) is 0 Å². The normalized spacial score (nSPS) is 14.6. The number of benzene rings is 1. The zero-order valence-corrected chi connectivity index (χ0v) is 12.9. The van der Waals surface area contributed by atoms with Crippen LogP contribution in [0, 0.1) is 0 Å². The minimum absolute atomic E-state index is 0.208. The minimum Gasteiger partial charge on any atom is -0.320 e. The van der Waals surface area contributed by atoms with Crippen LogP contribution in [-0.4, -0.2) is 24.5 Å². The van der Waals surface area contributed by atoms with Crippen LogP contribution in [0.25, 0.3) is 0 Å². The van der Waals surface area contributed by atoms with Gasteiger partial charge in [-0.3, -0.25) is 0 Å². The van der Waals surface area contributed by atoms with Crippen LogP contribution in [0.4, 0.5) is 0 Å². The quantitative estimate of drug-likeness (QED) is 0.734. The van der Waals surface area contributed by atoms with Crippen LogP contribution in [0.1, 0.15) is 52.0 Å². The lowest BCUT2D eigenvalue weighted by molar-refractivity contribution is 0.199. The first-order valence-electron chi connectivity index (χ1n) is 7.73. The molecule has 1 rings (SSSR count). The molecule has 2 heteroatoms. The van der Waals surface area contributed by atoms with E-state index in [1.54, 1.807) is 0 Å². The van der Waals surface area contributed by atoms with Gasteiger partial charge >= 0.3 is 0 Å². The van der Waals surface area contributed by atoms with Gasteiger partial charge in [0.15, 0.2) is 0 Å². The van der Waals surface area contributed by atoms with E-state index in [0.29, 0.717) is 0 Å². The van der Waals surface area contributed by atoms with Crippen molar-refractivity contribution in [3.8, 4) is 0 Å². The molecule has 0 aliphatic rings. The molecule has 0 saturated carbocycles. The molecule has 0 heterocycles. The Kier molecular flexibility index (Phi) is 7.11. The zero-order chi connectivity index (χ0) is 14.1. The summed E-state index contributed by atoms with van der Waals surface area (Å²) in [6.45, 7) is 9.94. The summed E-state index contributed by atoms with van der Waals surface area (Å²) in [4.78, 5) is 2.52. The van der Waals surface area contributed by atoms with Crippen molar-refractivity contribution < 1.29 is 0 Å². The van der Waals surface area contributed by atoms with Crippen LogP contribution in [-0.2, 0) is 5.54 Å². The lowest BCUT2D eigenvalue weighted by atomic mass is 9.86. The summed E-state index contributed by atoms with van der Waals surface area (Å²) in [5, 5.41) is 0. The molecule has 2 nitrogen and oxygen atoms in total. The maximum absolute atomic E-state index is 6.75. The van der Waals surface area contributed by atoms with Crippen molar-refractivity contribution in [1.29, 1.82) is 0 Å². The highest BCUT2D eigenvalue weighted by Crippen LogP contribution is 2.25. The van der Waals surface area contributed by atoms with Gasteiger partial charge in [0, 0.05) is 6.54 Å². The molecule has 0 aliphatic carbocycles. The van der Waals surface area contributed by atoms with Crippen LogP contribution in [0.2, 0.25) is 0 Å². The number of nitrogens with two attached hydrogens (primary N) is 1. The molecular weight excluding hydrogens is 232 g/mol. The molecule has 1 aromatic rings. The van der Waals surface area contributed by atoms with Crippen molar-refractivity contribution in [1.82, 2.24) is 4.90 Å². The van der Waals surface area contributed by atoms with E-state index in [0.717, 1.165) is 32.5 Å². The lowest BCUT2D eigenvalue weighted by Gasteiger charge is -2.36. The van der Waals surface area contributed by atoms with Crippen LogP contribution in [0.5, 0.6) is 0 Å². The van der Waals surface area contributed by atoms with Gasteiger partial charge in [0.2, 0.25) is 0 Å². The van der Waals surface area contributed by atoms with Crippen molar-refractivity contribution in [2.75, 3.05) is 19.6 Å². The Morgan fingerprint density at radius 1 is 0.947 bits per heavy atom. The molecule has 0 aliphatic heterocycles. The van der Waals surface area contributed by atoms with Gasteiger partial charge in [0.05, 0.1) is 5.54 Å². The average molecular weight is 262 g/mol. The monoisotopic (exact) mass is 262 g/mol. The van der Waals surface area contributed by atoms with E-state index in [9.17, 15) is 0 Å². The lowest BCUT2D eigenvalue weighted by Crippen LogP contribution is -2.48. The molecule has 19 heavy (non-hydrogen) atoms. The van der Waals surface area contributed by atoms with Gasteiger partial charge in [-0.2, -0.15) is 0 Å². The molecule has 0 saturated heterocycles. The zero-order valence-electron chi connectivity index (χ0n) is 12.9. The SMILES string of the molecule is CCCN(CCC)CC(N)(CCC)c1ccccc1. The third-order valence-corrected chi connectivity index (χ3v) is 3.63. The number of hydrogen-bond acceptors (Lipinski definition) is 2. The fraction of sp³-hybridized carbons (Fsp3) is 0.647. The van der Waals surface area contributed by atoms with E-state index in [1.807, 2.05) is 0 Å². The fourth-order valence-electron chi connectivity index (χ4n) is 2.83. The van der Waals surface area contributed by atoms with E-state index < -0.39 is 0 Å². The Morgan fingerprint density at radius 2 is 1.53 bits per heavy atom. The second-order valence-electron chi connectivity index (χ2n) is 5.55. The molecule has 2 N–H and O–H groups in total. The van der Waals surface area contributed by atoms with Crippen LogP contribution < -0.4 is 5.73 Å². The maximum Gasteiger partial charge on any atom is 0.0538 e. The predicted octanol–water partition coefficient (Wildman–Crippen LogP) is 3.76. The number of hydrogen-bond donors (Lipinski definition) is 1. The molecular formula is C17H30N2. The van der Waals surface area contributed by atoms with Gasteiger partial charge < -0.3 is 10.6 Å². The van der Waals surface area contributed by atoms with Gasteiger partial charge in [-0.05, 0) is 37.9 Å². The summed E-state index contributed by atoms with van der Waals surface area (Å²) < 4.78 is 0. The highest BCUT2D eigenvalue weighted by atomic mass is 15.1. The topological polar surface area (TPSA) is 29.3 Å². The summed E-state index contributed by atoms with van der Waals surface area (Å²) in [6, 6.07) is 10.6. The van der Waals surface area contributed by atoms with Gasteiger partial charge in [0.1, 0.15) is 0 Å². The third kappa shape index (κ3) is 4.96. The van der Waals surface area contributed by atoms with Crippen molar-refractivity contribution in [3.05, 3.63) is 35.9 Å². The van der Waals surface area contributed by atoms with Gasteiger partial charge in [-0.15, -0.1) is 0 Å². The van der Waals surface area contributed by atoms with Gasteiger partial charge in [-0.1, -0.05) is 57.5 Å². The highest BCUT2D eigenvalue weighted by molar-refractivity contribution is 5.24. The van der Waals surface area contributed by atoms with Gasteiger partial charge in [-0.25, -0.2) is 0 Å². The first-order chi connectivity index (χ1) is 9.16. The van der Waals surface area contributed by atoms with Crippen molar-refractivity contribution in [2.24, 2.45) is 5.73 Å². The molecule has 0 amide bonds. The molecule has 0 bridgehead atoms. The number of nitrogens with zero attached hydrogens (tertiary/aromatic N) is 1. The first kappa shape index (κ1) is 16.2. The molecule has 0 spiro atoms. The van der Waals surface area contributed by atoms with Crippen LogP contribution in [0.15, 0.2) is 30.3 Å². The largest absolute Gasteiger partial charge is 0.320 e. The predicted molar refractivity (Wildman–Crippen MR) is 84.2 cm³/mol. The molecule has 1 atom stereocenters. The van der Waals surface area contributed by atoms with E-state index in [-0.39, 0.29) is 5.54 Å². The second-order valence-corrected chi connectivity index (χ2v) is 5.55. The van der Waals surface area contributed by atoms with Crippen LogP contribution >= 0.6 is 0 Å². The Balaban J connectivity index is 2.85. The number of rotatable bonds is 9. The minimum atomic E-state index is -0.208. The molecule has 0 aromatic heterocycles.